The van der Waals surface area contributed by atoms with Gasteiger partial charge in [-0.15, -0.1) is 0 Å². The number of hydrogen-bond acceptors (Lipinski definition) is 6. The van der Waals surface area contributed by atoms with Gasteiger partial charge in [0.25, 0.3) is 0 Å². The van der Waals surface area contributed by atoms with Crippen LogP contribution in [0.3, 0.4) is 0 Å². The molecule has 0 spiro atoms. The van der Waals surface area contributed by atoms with Crippen molar-refractivity contribution in [1.29, 1.82) is 0 Å². The van der Waals surface area contributed by atoms with Crippen LogP contribution < -0.4 is 10.2 Å². The zero-order chi connectivity index (χ0) is 21.7. The van der Waals surface area contributed by atoms with Gasteiger partial charge in [0.2, 0.25) is 0 Å². The number of esters is 1. The summed E-state index contributed by atoms with van der Waals surface area (Å²) >= 11 is 0. The zero-order valence-corrected chi connectivity index (χ0v) is 18.0. The van der Waals surface area contributed by atoms with Gasteiger partial charge in [-0.05, 0) is 18.4 Å². The second kappa shape index (κ2) is 9.56. The number of aromatic nitrogens is 2. The summed E-state index contributed by atoms with van der Waals surface area (Å²) in [5.41, 5.74) is 2.44. The Morgan fingerprint density at radius 1 is 1.23 bits per heavy atom. The number of nitrogens with one attached hydrogen (secondary N) is 1. The molecule has 1 fully saturated rings. The van der Waals surface area contributed by atoms with Gasteiger partial charge in [0, 0.05) is 26.2 Å². The third kappa shape index (κ3) is 5.06. The van der Waals surface area contributed by atoms with E-state index in [0.717, 1.165) is 5.56 Å². The van der Waals surface area contributed by atoms with Gasteiger partial charge in [-0.3, -0.25) is 0 Å². The van der Waals surface area contributed by atoms with Crippen LogP contribution in [0.15, 0.2) is 36.7 Å². The summed E-state index contributed by atoms with van der Waals surface area (Å²) in [5.74, 6) is 0.456. The van der Waals surface area contributed by atoms with Crippen molar-refractivity contribution in [2.24, 2.45) is 5.92 Å². The van der Waals surface area contributed by atoms with Gasteiger partial charge >= 0.3 is 12.0 Å². The van der Waals surface area contributed by atoms with E-state index >= 15 is 0 Å². The van der Waals surface area contributed by atoms with Crippen LogP contribution in [-0.2, 0) is 11.3 Å². The highest BCUT2D eigenvalue weighted by molar-refractivity contribution is 5.86. The maximum atomic E-state index is 12.9. The number of amides is 2. The standard InChI is InChI=1S/C22H29N5O3/c1-15(2)19-14-26(20-13-23-18(12-24-20)21(28)30-4)8-9-27(19)22(29)25-11-17-7-5-6-16(3)10-17/h5-7,10,12-13,15,19H,8-9,11,14H2,1-4H3,(H,25,29). The molecule has 1 N–H and O–H groups in total. The molecule has 1 unspecified atom stereocenters. The van der Waals surface area contributed by atoms with Crippen LogP contribution in [0.2, 0.25) is 0 Å². The number of hydrogen-bond donors (Lipinski definition) is 1. The smallest absolute Gasteiger partial charge is 0.358 e. The fraction of sp³-hybridized carbons (Fsp3) is 0.455. The number of carbonyl (C=O) groups is 2. The summed E-state index contributed by atoms with van der Waals surface area (Å²) in [5, 5.41) is 3.05. The van der Waals surface area contributed by atoms with Crippen molar-refractivity contribution in [3.05, 3.63) is 53.5 Å². The third-order valence-corrected chi connectivity index (χ3v) is 5.33. The van der Waals surface area contributed by atoms with E-state index in [1.165, 1.54) is 18.9 Å². The molecule has 3 rings (SSSR count). The van der Waals surface area contributed by atoms with Crippen LogP contribution in [0.25, 0.3) is 0 Å². The van der Waals surface area contributed by atoms with Crippen molar-refractivity contribution in [2.45, 2.75) is 33.4 Å². The monoisotopic (exact) mass is 411 g/mol. The van der Waals surface area contributed by atoms with Gasteiger partial charge < -0.3 is 19.9 Å². The molecule has 1 aliphatic rings. The van der Waals surface area contributed by atoms with E-state index in [9.17, 15) is 9.59 Å². The Balaban J connectivity index is 1.64. The lowest BCUT2D eigenvalue weighted by atomic mass is 10.00. The first kappa shape index (κ1) is 21.5. The second-order valence-corrected chi connectivity index (χ2v) is 7.85. The number of piperazine rings is 1. The second-order valence-electron chi connectivity index (χ2n) is 7.85. The normalized spacial score (nSPS) is 16.5. The highest BCUT2D eigenvalue weighted by atomic mass is 16.5. The van der Waals surface area contributed by atoms with E-state index in [1.54, 1.807) is 6.20 Å². The Morgan fingerprint density at radius 3 is 2.67 bits per heavy atom. The van der Waals surface area contributed by atoms with Crippen molar-refractivity contribution in [3.8, 4) is 0 Å². The van der Waals surface area contributed by atoms with Gasteiger partial charge in [-0.25, -0.2) is 19.6 Å². The number of aryl methyl sites for hydroxylation is 1. The number of anilines is 1. The van der Waals surface area contributed by atoms with Crippen LogP contribution in [0.1, 0.15) is 35.5 Å². The van der Waals surface area contributed by atoms with E-state index in [2.05, 4.69) is 44.8 Å². The van der Waals surface area contributed by atoms with Crippen molar-refractivity contribution in [3.63, 3.8) is 0 Å². The molecule has 0 bridgehead atoms. The number of ether oxygens (including phenoxy) is 1. The number of urea groups is 1. The lowest BCUT2D eigenvalue weighted by Gasteiger charge is -2.43. The van der Waals surface area contributed by atoms with Crippen LogP contribution in [0.4, 0.5) is 10.6 Å². The first-order valence-corrected chi connectivity index (χ1v) is 10.1. The van der Waals surface area contributed by atoms with Crippen molar-refractivity contribution < 1.29 is 14.3 Å². The van der Waals surface area contributed by atoms with E-state index in [-0.39, 0.29) is 23.7 Å². The molecule has 160 valence electrons. The zero-order valence-electron chi connectivity index (χ0n) is 18.0. The molecule has 0 aliphatic carbocycles. The van der Waals surface area contributed by atoms with E-state index in [0.29, 0.717) is 32.0 Å². The molecule has 1 aromatic carbocycles. The molecule has 1 aliphatic heterocycles. The van der Waals surface area contributed by atoms with E-state index in [4.69, 9.17) is 0 Å². The number of nitrogens with zero attached hydrogens (tertiary/aromatic N) is 4. The van der Waals surface area contributed by atoms with Crippen molar-refractivity contribution in [2.75, 3.05) is 31.6 Å². The average molecular weight is 412 g/mol. The van der Waals surface area contributed by atoms with Gasteiger partial charge in [0.15, 0.2) is 5.69 Å². The summed E-state index contributed by atoms with van der Waals surface area (Å²) in [7, 11) is 1.31. The average Bonchev–Trinajstić information content (AvgIpc) is 2.76. The van der Waals surface area contributed by atoms with Crippen molar-refractivity contribution in [1.82, 2.24) is 20.2 Å². The molecule has 8 nitrogen and oxygen atoms in total. The van der Waals surface area contributed by atoms with E-state index < -0.39 is 5.97 Å². The molecule has 0 radical (unpaired) electrons. The minimum atomic E-state index is -0.510. The van der Waals surface area contributed by atoms with Crippen molar-refractivity contribution >= 4 is 17.8 Å². The first-order chi connectivity index (χ1) is 14.4. The summed E-state index contributed by atoms with van der Waals surface area (Å²) in [6.07, 6.45) is 3.00. The number of methoxy groups -OCH3 is 1. The Labute approximate surface area is 177 Å². The van der Waals surface area contributed by atoms with Crippen LogP contribution in [0, 0.1) is 12.8 Å². The molecular formula is C22H29N5O3. The molecule has 30 heavy (non-hydrogen) atoms. The molecular weight excluding hydrogens is 382 g/mol. The largest absolute Gasteiger partial charge is 0.464 e. The minimum Gasteiger partial charge on any atom is -0.464 e. The van der Waals surface area contributed by atoms with Gasteiger partial charge in [0.1, 0.15) is 5.82 Å². The lowest BCUT2D eigenvalue weighted by molar-refractivity contribution is 0.0593. The molecule has 1 saturated heterocycles. The minimum absolute atomic E-state index is 0.0401. The topological polar surface area (TPSA) is 87.7 Å². The molecule has 1 aromatic heterocycles. The molecule has 1 atom stereocenters. The predicted octanol–water partition coefficient (Wildman–Crippen LogP) is 2.63. The quantitative estimate of drug-likeness (QED) is 0.761. The molecule has 0 saturated carbocycles. The Hall–Kier alpha value is -3.16. The highest BCUT2D eigenvalue weighted by Crippen LogP contribution is 2.21. The Kier molecular flexibility index (Phi) is 6.87. The maximum absolute atomic E-state index is 12.9. The number of rotatable bonds is 5. The van der Waals surface area contributed by atoms with Crippen LogP contribution >= 0.6 is 0 Å². The summed E-state index contributed by atoms with van der Waals surface area (Å²) in [6, 6.07) is 8.12. The van der Waals surface area contributed by atoms with Crippen LogP contribution in [-0.4, -0.2) is 59.7 Å². The molecule has 2 heterocycles. The molecule has 8 heteroatoms. The Bertz CT molecular complexity index is 885. The summed E-state index contributed by atoms with van der Waals surface area (Å²) in [4.78, 5) is 37.0. The van der Waals surface area contributed by atoms with E-state index in [1.807, 2.05) is 30.0 Å². The highest BCUT2D eigenvalue weighted by Gasteiger charge is 2.33. The predicted molar refractivity (Wildman–Crippen MR) is 114 cm³/mol. The van der Waals surface area contributed by atoms with Crippen LogP contribution in [0.5, 0.6) is 0 Å². The van der Waals surface area contributed by atoms with Gasteiger partial charge in [0.05, 0.1) is 25.5 Å². The van der Waals surface area contributed by atoms with Gasteiger partial charge in [-0.1, -0.05) is 43.7 Å². The number of benzene rings is 1. The molecule has 2 aromatic rings. The van der Waals surface area contributed by atoms with Gasteiger partial charge in [-0.2, -0.15) is 0 Å². The SMILES string of the molecule is COC(=O)c1cnc(N2CCN(C(=O)NCc3cccc(C)c3)C(C(C)C)C2)cn1. The summed E-state index contributed by atoms with van der Waals surface area (Å²) < 4.78 is 4.67. The fourth-order valence-electron chi connectivity index (χ4n) is 3.64. The third-order valence-electron chi connectivity index (χ3n) is 5.33. The maximum Gasteiger partial charge on any atom is 0.358 e. The fourth-order valence-corrected chi connectivity index (χ4v) is 3.64. The molecule has 2 amide bonds. The Morgan fingerprint density at radius 2 is 2.03 bits per heavy atom. The number of carbonyl (C=O) groups excluding carboxylic acids is 2. The first-order valence-electron chi connectivity index (χ1n) is 10.1. The lowest BCUT2D eigenvalue weighted by Crippen LogP contribution is -2.59. The summed E-state index contributed by atoms with van der Waals surface area (Å²) in [6.45, 7) is 8.66.